The smallest absolute Gasteiger partial charge is 0.369 e. The molecule has 2 aliphatic heterocycles. The Morgan fingerprint density at radius 2 is 1.86 bits per heavy atom. The molecule has 0 radical (unpaired) electrons. The number of carbonyl (C=O) groups is 1. The van der Waals surface area contributed by atoms with Gasteiger partial charge in [0.2, 0.25) is 0 Å². The number of benzene rings is 2. The standard InChI is InChI=1S/C26H27F4N5O/c1-17-6-5-9-22(27)23(17)33-12-10-20(11-13-33)34-16-19-14-32(2)31-24(19)35(25(34)36)15-18-7-3-4-8-21(18)26(28,29)30/h3-9,14,20H,10-13,15-16H2,1-2H3/i2D3. The van der Waals surface area contributed by atoms with Gasteiger partial charge in [-0.05, 0) is 43.0 Å². The zero-order valence-electron chi connectivity index (χ0n) is 22.6. The predicted molar refractivity (Wildman–Crippen MR) is 128 cm³/mol. The quantitative estimate of drug-likeness (QED) is 0.441. The molecular formula is C26H27F4N5O. The van der Waals surface area contributed by atoms with Crippen molar-refractivity contribution < 1.29 is 26.5 Å². The van der Waals surface area contributed by atoms with Crippen LogP contribution in [0.1, 0.15) is 39.2 Å². The number of urea groups is 1. The number of piperidine rings is 1. The number of aromatic nitrogens is 2. The molecule has 190 valence electrons. The van der Waals surface area contributed by atoms with Gasteiger partial charge in [0, 0.05) is 42.0 Å². The third-order valence-electron chi connectivity index (χ3n) is 6.90. The number of para-hydroxylation sites is 1. The number of aryl methyl sites for hydroxylation is 2. The van der Waals surface area contributed by atoms with E-state index in [4.69, 9.17) is 4.11 Å². The van der Waals surface area contributed by atoms with Gasteiger partial charge in [-0.25, -0.2) is 9.18 Å². The summed E-state index contributed by atoms with van der Waals surface area (Å²) in [5.41, 5.74) is 0.758. The summed E-state index contributed by atoms with van der Waals surface area (Å²) in [5.74, 6) is -0.289. The number of hydrogen-bond donors (Lipinski definition) is 0. The van der Waals surface area contributed by atoms with Gasteiger partial charge in [-0.3, -0.25) is 9.58 Å². The number of hydrogen-bond acceptors (Lipinski definition) is 3. The zero-order valence-corrected chi connectivity index (χ0v) is 19.6. The molecule has 0 atom stereocenters. The highest BCUT2D eigenvalue weighted by molar-refractivity contribution is 5.94. The fourth-order valence-electron chi connectivity index (χ4n) is 5.19. The SMILES string of the molecule is [2H]C([2H])([2H])n1cc2c(n1)N(Cc1ccccc1C(F)(F)F)C(=O)N(C1CCN(c3c(C)cccc3F)CC1)C2. The lowest BCUT2D eigenvalue weighted by Gasteiger charge is -2.43. The van der Waals surface area contributed by atoms with Crippen molar-refractivity contribution in [2.24, 2.45) is 6.98 Å². The van der Waals surface area contributed by atoms with Gasteiger partial charge in [0.05, 0.1) is 24.3 Å². The lowest BCUT2D eigenvalue weighted by Crippen LogP contribution is -2.54. The van der Waals surface area contributed by atoms with Crippen LogP contribution in [0.2, 0.25) is 0 Å². The van der Waals surface area contributed by atoms with Gasteiger partial charge in [0.15, 0.2) is 5.82 Å². The molecule has 6 nitrogen and oxygen atoms in total. The first kappa shape index (κ1) is 20.6. The maximum atomic E-state index is 14.5. The lowest BCUT2D eigenvalue weighted by atomic mass is 10.00. The number of halogens is 4. The van der Waals surface area contributed by atoms with E-state index in [0.29, 0.717) is 37.2 Å². The van der Waals surface area contributed by atoms with E-state index in [2.05, 4.69) is 5.10 Å². The molecule has 5 rings (SSSR count). The molecule has 36 heavy (non-hydrogen) atoms. The summed E-state index contributed by atoms with van der Waals surface area (Å²) in [5, 5.41) is 4.09. The number of carbonyl (C=O) groups excluding carboxylic acids is 1. The highest BCUT2D eigenvalue weighted by atomic mass is 19.4. The van der Waals surface area contributed by atoms with Crippen LogP contribution in [-0.2, 0) is 26.2 Å². The first-order chi connectivity index (χ1) is 18.3. The second-order valence-corrected chi connectivity index (χ2v) is 9.20. The summed E-state index contributed by atoms with van der Waals surface area (Å²) in [6, 6.07) is 9.05. The Morgan fingerprint density at radius 1 is 1.11 bits per heavy atom. The van der Waals surface area contributed by atoms with E-state index in [1.165, 1.54) is 30.5 Å². The van der Waals surface area contributed by atoms with Crippen LogP contribution in [0.3, 0.4) is 0 Å². The fourth-order valence-corrected chi connectivity index (χ4v) is 5.19. The zero-order chi connectivity index (χ0) is 28.1. The van der Waals surface area contributed by atoms with E-state index in [1.54, 1.807) is 11.0 Å². The highest BCUT2D eigenvalue weighted by Crippen LogP contribution is 2.36. The molecule has 1 aromatic heterocycles. The van der Waals surface area contributed by atoms with Gasteiger partial charge in [-0.1, -0.05) is 30.3 Å². The molecule has 0 saturated carbocycles. The van der Waals surface area contributed by atoms with E-state index in [1.807, 2.05) is 17.9 Å². The number of alkyl halides is 3. The van der Waals surface area contributed by atoms with Crippen molar-refractivity contribution in [1.82, 2.24) is 14.7 Å². The summed E-state index contributed by atoms with van der Waals surface area (Å²) in [6.07, 6.45) is -2.29. The topological polar surface area (TPSA) is 44.6 Å². The van der Waals surface area contributed by atoms with Crippen LogP contribution in [0, 0.1) is 12.7 Å². The molecule has 2 aliphatic rings. The van der Waals surface area contributed by atoms with Gasteiger partial charge in [-0.15, -0.1) is 0 Å². The number of amides is 2. The van der Waals surface area contributed by atoms with Gasteiger partial charge >= 0.3 is 12.2 Å². The van der Waals surface area contributed by atoms with Crippen LogP contribution in [-0.4, -0.2) is 39.8 Å². The number of nitrogens with zero attached hydrogens (tertiary/aromatic N) is 5. The van der Waals surface area contributed by atoms with E-state index in [0.717, 1.165) is 21.2 Å². The molecule has 0 unspecified atom stereocenters. The average Bonchev–Trinajstić information content (AvgIpc) is 3.31. The summed E-state index contributed by atoms with van der Waals surface area (Å²) >= 11 is 0. The van der Waals surface area contributed by atoms with E-state index in [9.17, 15) is 22.4 Å². The minimum Gasteiger partial charge on any atom is -0.369 e. The Balaban J connectivity index is 1.44. The summed E-state index contributed by atoms with van der Waals surface area (Å²) in [7, 11) is 0. The minimum absolute atomic E-state index is 0.0313. The lowest BCUT2D eigenvalue weighted by molar-refractivity contribution is -0.138. The Hall–Kier alpha value is -3.56. The highest BCUT2D eigenvalue weighted by Gasteiger charge is 2.40. The molecule has 3 aromatic rings. The minimum atomic E-state index is -4.63. The van der Waals surface area contributed by atoms with Crippen molar-refractivity contribution in [3.8, 4) is 0 Å². The van der Waals surface area contributed by atoms with Crippen molar-refractivity contribution in [2.75, 3.05) is 22.9 Å². The maximum Gasteiger partial charge on any atom is 0.416 e. The molecule has 1 fully saturated rings. The Kier molecular flexibility index (Phi) is 5.24. The van der Waals surface area contributed by atoms with Crippen LogP contribution in [0.4, 0.5) is 33.9 Å². The summed E-state index contributed by atoms with van der Waals surface area (Å²) < 4.78 is 79.6. The Bertz CT molecular complexity index is 1360. The van der Waals surface area contributed by atoms with E-state index >= 15 is 0 Å². The summed E-state index contributed by atoms with van der Waals surface area (Å²) in [4.78, 5) is 18.4. The molecule has 10 heteroatoms. The van der Waals surface area contributed by atoms with Crippen molar-refractivity contribution >= 4 is 17.5 Å². The third kappa shape index (κ3) is 4.40. The predicted octanol–water partition coefficient (Wildman–Crippen LogP) is 5.50. The molecular weight excluding hydrogens is 474 g/mol. The normalized spacial score (nSPS) is 18.6. The van der Waals surface area contributed by atoms with Gasteiger partial charge in [-0.2, -0.15) is 18.3 Å². The molecule has 0 N–H and O–H groups in total. The van der Waals surface area contributed by atoms with Crippen molar-refractivity contribution in [2.45, 2.75) is 45.1 Å². The Morgan fingerprint density at radius 3 is 2.56 bits per heavy atom. The molecule has 1 saturated heterocycles. The van der Waals surface area contributed by atoms with Crippen molar-refractivity contribution in [1.29, 1.82) is 0 Å². The van der Waals surface area contributed by atoms with Crippen LogP contribution in [0.15, 0.2) is 48.7 Å². The van der Waals surface area contributed by atoms with Crippen LogP contribution in [0.5, 0.6) is 0 Å². The third-order valence-corrected chi connectivity index (χ3v) is 6.90. The molecule has 0 aliphatic carbocycles. The average molecular weight is 505 g/mol. The fraction of sp³-hybridized carbons (Fsp3) is 0.385. The molecule has 0 bridgehead atoms. The second-order valence-electron chi connectivity index (χ2n) is 9.20. The van der Waals surface area contributed by atoms with Crippen molar-refractivity contribution in [3.05, 3.63) is 76.7 Å². The van der Waals surface area contributed by atoms with E-state index in [-0.39, 0.29) is 29.8 Å². The maximum absolute atomic E-state index is 14.5. The van der Waals surface area contributed by atoms with E-state index < -0.39 is 31.3 Å². The first-order valence-corrected chi connectivity index (χ1v) is 11.7. The largest absolute Gasteiger partial charge is 0.416 e. The van der Waals surface area contributed by atoms with Crippen molar-refractivity contribution in [3.63, 3.8) is 0 Å². The molecule has 3 heterocycles. The number of rotatable bonds is 4. The Labute approximate surface area is 210 Å². The van der Waals surface area contributed by atoms with Gasteiger partial charge < -0.3 is 9.80 Å². The molecule has 2 amide bonds. The monoisotopic (exact) mass is 504 g/mol. The van der Waals surface area contributed by atoms with Crippen LogP contribution < -0.4 is 9.80 Å². The second kappa shape index (κ2) is 9.15. The first-order valence-electron chi connectivity index (χ1n) is 13.2. The van der Waals surface area contributed by atoms with Gasteiger partial charge in [0.25, 0.3) is 0 Å². The van der Waals surface area contributed by atoms with Gasteiger partial charge in [0.1, 0.15) is 5.82 Å². The molecule has 2 aromatic carbocycles. The van der Waals surface area contributed by atoms with Crippen LogP contribution >= 0.6 is 0 Å². The number of fused-ring (bicyclic) bond motifs is 1. The molecule has 0 spiro atoms. The summed E-state index contributed by atoms with van der Waals surface area (Å²) in [6.45, 7) is -0.180. The number of anilines is 2. The van der Waals surface area contributed by atoms with Crippen LogP contribution in [0.25, 0.3) is 0 Å².